The molecule has 7 heteroatoms. The van der Waals surface area contributed by atoms with Gasteiger partial charge >= 0.3 is 0 Å². The maximum absolute atomic E-state index is 12.0. The van der Waals surface area contributed by atoms with Crippen molar-refractivity contribution in [3.05, 3.63) is 12.5 Å². The fraction of sp³-hybridized carbons (Fsp3) is 0.625. The number of hydrogen-bond acceptors (Lipinski definition) is 3. The van der Waals surface area contributed by atoms with Gasteiger partial charge in [0.1, 0.15) is 0 Å². The second-order valence-corrected chi connectivity index (χ2v) is 6.70. The van der Waals surface area contributed by atoms with Crippen LogP contribution in [0.2, 0.25) is 0 Å². The van der Waals surface area contributed by atoms with Gasteiger partial charge in [0, 0.05) is 17.9 Å². The Hall–Kier alpha value is -0.400. The average molecular weight is 294 g/mol. The van der Waals surface area contributed by atoms with Crippen LogP contribution in [0.15, 0.2) is 17.6 Å². The minimum atomic E-state index is -3.35. The van der Waals surface area contributed by atoms with Crippen LogP contribution in [0.3, 0.4) is 0 Å². The number of aromatic amines is 1. The summed E-state index contributed by atoms with van der Waals surface area (Å²) in [4.78, 5) is 6.80. The third kappa shape index (κ3) is 2.24. The Morgan fingerprint density at radius 2 is 2.13 bits per heavy atom. The van der Waals surface area contributed by atoms with Crippen molar-refractivity contribution in [2.75, 3.05) is 13.1 Å². The van der Waals surface area contributed by atoms with Crippen molar-refractivity contribution in [1.29, 1.82) is 0 Å². The third-order valence-electron chi connectivity index (χ3n) is 2.47. The topological polar surface area (TPSA) is 66.1 Å². The lowest BCUT2D eigenvalue weighted by atomic mass is 10.2. The molecule has 0 atom stereocenters. The first-order valence-electron chi connectivity index (χ1n) is 4.73. The molecule has 1 aliphatic rings. The zero-order chi connectivity index (χ0) is 10.9. The minimum absolute atomic E-state index is 0.176. The number of rotatable bonds is 2. The summed E-state index contributed by atoms with van der Waals surface area (Å²) >= 11 is 3.49. The fourth-order valence-corrected chi connectivity index (χ4v) is 3.36. The van der Waals surface area contributed by atoms with Crippen LogP contribution in [0.1, 0.15) is 12.8 Å². The molecule has 0 radical (unpaired) electrons. The van der Waals surface area contributed by atoms with E-state index in [1.54, 1.807) is 0 Å². The molecule has 0 saturated carbocycles. The highest BCUT2D eigenvalue weighted by Crippen LogP contribution is 2.22. The highest BCUT2D eigenvalue weighted by Gasteiger charge is 2.29. The number of hydrogen-bond donors (Lipinski definition) is 1. The molecular weight excluding hydrogens is 282 g/mol. The minimum Gasteiger partial charge on any atom is -0.335 e. The van der Waals surface area contributed by atoms with Gasteiger partial charge in [-0.1, -0.05) is 15.9 Å². The Labute approximate surface area is 97.1 Å². The van der Waals surface area contributed by atoms with E-state index >= 15 is 0 Å². The van der Waals surface area contributed by atoms with Crippen LogP contribution in [0.4, 0.5) is 0 Å². The molecule has 5 nitrogen and oxygen atoms in total. The van der Waals surface area contributed by atoms with Gasteiger partial charge in [-0.2, -0.15) is 4.31 Å². The van der Waals surface area contributed by atoms with Crippen LogP contribution in [0.25, 0.3) is 0 Å². The second kappa shape index (κ2) is 4.23. The highest BCUT2D eigenvalue weighted by molar-refractivity contribution is 9.09. The smallest absolute Gasteiger partial charge is 0.260 e. The largest absolute Gasteiger partial charge is 0.335 e. The number of imidazole rings is 1. The number of nitrogens with one attached hydrogen (secondary N) is 1. The molecule has 15 heavy (non-hydrogen) atoms. The van der Waals surface area contributed by atoms with Crippen molar-refractivity contribution in [2.45, 2.75) is 22.7 Å². The van der Waals surface area contributed by atoms with Gasteiger partial charge in [-0.05, 0) is 12.8 Å². The zero-order valence-corrected chi connectivity index (χ0v) is 10.5. The van der Waals surface area contributed by atoms with E-state index in [1.807, 2.05) is 0 Å². The van der Waals surface area contributed by atoms with Gasteiger partial charge in [0.2, 0.25) is 0 Å². The van der Waals surface area contributed by atoms with Crippen LogP contribution in [0.5, 0.6) is 0 Å². The molecule has 1 N–H and O–H groups in total. The van der Waals surface area contributed by atoms with Gasteiger partial charge in [0.15, 0.2) is 5.03 Å². The summed E-state index contributed by atoms with van der Waals surface area (Å²) in [5.74, 6) is 0. The van der Waals surface area contributed by atoms with Gasteiger partial charge in [-0.15, -0.1) is 0 Å². The summed E-state index contributed by atoms with van der Waals surface area (Å²) in [6.07, 6.45) is 4.43. The number of piperidine rings is 1. The van der Waals surface area contributed by atoms with Gasteiger partial charge in [0.25, 0.3) is 10.0 Å². The van der Waals surface area contributed by atoms with Crippen molar-refractivity contribution >= 4 is 26.0 Å². The second-order valence-electron chi connectivity index (χ2n) is 3.49. The number of H-pyrrole nitrogens is 1. The Morgan fingerprint density at radius 1 is 1.47 bits per heavy atom. The number of halogens is 1. The number of alkyl halides is 1. The van der Waals surface area contributed by atoms with E-state index in [4.69, 9.17) is 0 Å². The van der Waals surface area contributed by atoms with Gasteiger partial charge in [-0.25, -0.2) is 13.4 Å². The lowest BCUT2D eigenvalue weighted by Gasteiger charge is -2.27. The van der Waals surface area contributed by atoms with Crippen LogP contribution < -0.4 is 0 Å². The summed E-state index contributed by atoms with van der Waals surface area (Å²) in [6, 6.07) is 0. The normalized spacial score (nSPS) is 20.6. The molecule has 0 unspecified atom stereocenters. The average Bonchev–Trinajstić information content (AvgIpc) is 2.71. The molecule has 2 rings (SSSR count). The van der Waals surface area contributed by atoms with E-state index in [0.717, 1.165) is 12.8 Å². The first-order valence-corrected chi connectivity index (χ1v) is 7.09. The number of sulfonamides is 1. The van der Waals surface area contributed by atoms with Gasteiger partial charge < -0.3 is 4.98 Å². The van der Waals surface area contributed by atoms with Crippen molar-refractivity contribution in [2.24, 2.45) is 0 Å². The Morgan fingerprint density at radius 3 is 2.67 bits per heavy atom. The zero-order valence-electron chi connectivity index (χ0n) is 8.06. The molecule has 0 spiro atoms. The van der Waals surface area contributed by atoms with E-state index in [0.29, 0.717) is 17.9 Å². The molecule has 1 aliphatic heterocycles. The number of aromatic nitrogens is 2. The quantitative estimate of drug-likeness (QED) is 0.826. The Balaban J connectivity index is 2.17. The third-order valence-corrected chi connectivity index (χ3v) is 5.21. The number of nitrogens with zero attached hydrogens (tertiary/aromatic N) is 2. The van der Waals surface area contributed by atoms with E-state index in [1.165, 1.54) is 16.8 Å². The lowest BCUT2D eigenvalue weighted by Crippen LogP contribution is -2.38. The van der Waals surface area contributed by atoms with Crippen molar-refractivity contribution in [3.8, 4) is 0 Å². The molecule has 0 aliphatic carbocycles. The predicted octanol–water partition coefficient (Wildman–Crippen LogP) is 0.958. The van der Waals surface area contributed by atoms with E-state index < -0.39 is 10.0 Å². The summed E-state index contributed by atoms with van der Waals surface area (Å²) < 4.78 is 25.5. The predicted molar refractivity (Wildman–Crippen MR) is 59.3 cm³/mol. The van der Waals surface area contributed by atoms with Gasteiger partial charge in [0.05, 0.1) is 12.5 Å². The molecule has 1 fully saturated rings. The van der Waals surface area contributed by atoms with Crippen molar-refractivity contribution in [3.63, 3.8) is 0 Å². The molecule has 84 valence electrons. The molecule has 2 heterocycles. The molecule has 0 amide bonds. The lowest BCUT2D eigenvalue weighted by molar-refractivity contribution is 0.353. The summed E-state index contributed by atoms with van der Waals surface area (Å²) in [6.45, 7) is 1.13. The first-order chi connectivity index (χ1) is 7.10. The molecule has 0 bridgehead atoms. The summed E-state index contributed by atoms with van der Waals surface area (Å²) in [7, 11) is -3.35. The molecule has 0 aromatic carbocycles. The van der Waals surface area contributed by atoms with E-state index in [9.17, 15) is 8.42 Å². The van der Waals surface area contributed by atoms with Crippen LogP contribution in [-0.4, -0.2) is 40.6 Å². The van der Waals surface area contributed by atoms with Crippen molar-refractivity contribution < 1.29 is 8.42 Å². The van der Waals surface area contributed by atoms with Gasteiger partial charge in [-0.3, -0.25) is 0 Å². The monoisotopic (exact) mass is 293 g/mol. The molecule has 1 saturated heterocycles. The van der Waals surface area contributed by atoms with Crippen molar-refractivity contribution in [1.82, 2.24) is 14.3 Å². The first kappa shape index (κ1) is 11.1. The van der Waals surface area contributed by atoms with E-state index in [2.05, 4.69) is 25.9 Å². The summed E-state index contributed by atoms with van der Waals surface area (Å²) in [5, 5.41) is 0.176. The van der Waals surface area contributed by atoms with E-state index in [-0.39, 0.29) is 5.03 Å². The molecular formula is C8H12BrN3O2S. The maximum Gasteiger partial charge on any atom is 0.260 e. The SMILES string of the molecule is O=S(=O)(c1cnc[nH]1)N1CCC(Br)CC1. The highest BCUT2D eigenvalue weighted by atomic mass is 79.9. The Bertz CT molecular complexity index is 409. The molecule has 1 aromatic rings. The standard InChI is InChI=1S/C8H12BrN3O2S/c9-7-1-3-12(4-2-7)15(13,14)8-5-10-6-11-8/h5-7H,1-4H2,(H,10,11). The fourth-order valence-electron chi connectivity index (χ4n) is 1.59. The van der Waals surface area contributed by atoms with Crippen LogP contribution in [0, 0.1) is 0 Å². The molecule has 1 aromatic heterocycles. The van der Waals surface area contributed by atoms with Crippen LogP contribution >= 0.6 is 15.9 Å². The Kier molecular flexibility index (Phi) is 3.13. The summed E-state index contributed by atoms with van der Waals surface area (Å²) in [5.41, 5.74) is 0. The maximum atomic E-state index is 12.0. The van der Waals surface area contributed by atoms with Crippen LogP contribution in [-0.2, 0) is 10.0 Å².